The Hall–Kier alpha value is -1.03. The summed E-state index contributed by atoms with van der Waals surface area (Å²) < 4.78 is 13.3. The number of nitrogens with zero attached hydrogens (tertiary/aromatic N) is 1. The zero-order chi connectivity index (χ0) is 9.42. The van der Waals surface area contributed by atoms with Crippen molar-refractivity contribution in [2.75, 3.05) is 0 Å². The van der Waals surface area contributed by atoms with Crippen LogP contribution in [0.25, 0.3) is 6.08 Å². The van der Waals surface area contributed by atoms with Crippen LogP contribution in [-0.4, -0.2) is 5.91 Å². The van der Waals surface area contributed by atoms with Crippen LogP contribution in [0, 0.1) is 5.82 Å². The zero-order valence-corrected chi connectivity index (χ0v) is 8.14. The molecule has 0 saturated carbocycles. The van der Waals surface area contributed by atoms with Crippen LogP contribution >= 0.6 is 15.9 Å². The van der Waals surface area contributed by atoms with Gasteiger partial charge in [0.25, 0.3) is 0 Å². The largest absolute Gasteiger partial charge is 0.272 e. The van der Waals surface area contributed by atoms with Gasteiger partial charge in [0.2, 0.25) is 5.91 Å². The average molecular weight is 242 g/mol. The Labute approximate surface area is 81.9 Å². The number of carbonyl (C=O) groups is 1. The molecule has 1 aliphatic heterocycles. The Morgan fingerprint density at radius 2 is 2.23 bits per heavy atom. The van der Waals surface area contributed by atoms with E-state index in [-0.39, 0.29) is 10.4 Å². The van der Waals surface area contributed by atoms with Crippen molar-refractivity contribution in [3.63, 3.8) is 0 Å². The molecule has 4 heteroatoms. The summed E-state index contributed by atoms with van der Waals surface area (Å²) in [5.74, 6) is -0.635. The zero-order valence-electron chi connectivity index (χ0n) is 6.55. The second-order valence-electron chi connectivity index (χ2n) is 2.71. The molecule has 13 heavy (non-hydrogen) atoms. The van der Waals surface area contributed by atoms with Gasteiger partial charge in [-0.3, -0.25) is 4.79 Å². The molecule has 0 aliphatic carbocycles. The summed E-state index contributed by atoms with van der Waals surface area (Å²) in [5.41, 5.74) is 0. The Morgan fingerprint density at radius 3 is 3.00 bits per heavy atom. The lowest BCUT2D eigenvalue weighted by Gasteiger charge is -2.00. The summed E-state index contributed by atoms with van der Waals surface area (Å²) in [6.45, 7) is 0. The maximum atomic E-state index is 13.0. The summed E-state index contributed by atoms with van der Waals surface area (Å²) in [6, 6.07) is 2.97. The second kappa shape index (κ2) is 3.03. The van der Waals surface area contributed by atoms with E-state index in [9.17, 15) is 9.18 Å². The topological polar surface area (TPSA) is 29.4 Å². The Bertz CT molecular complexity index is 495. The number of rotatable bonds is 0. The number of carbonyl (C=O) groups excluding carboxylic acids is 1. The summed E-state index contributed by atoms with van der Waals surface area (Å²) in [6.07, 6.45) is 2.04. The van der Waals surface area contributed by atoms with Gasteiger partial charge in [-0.1, -0.05) is 12.1 Å². The van der Waals surface area contributed by atoms with Crippen LogP contribution in [0.15, 0.2) is 21.6 Å². The van der Waals surface area contributed by atoms with Gasteiger partial charge in [0, 0.05) is 6.42 Å². The van der Waals surface area contributed by atoms with E-state index < -0.39 is 5.82 Å². The molecular weight excluding hydrogens is 237 g/mol. The van der Waals surface area contributed by atoms with Crippen molar-refractivity contribution in [3.05, 3.63) is 33.0 Å². The number of halogens is 2. The van der Waals surface area contributed by atoms with Gasteiger partial charge >= 0.3 is 0 Å². The smallest absolute Gasteiger partial charge is 0.250 e. The maximum Gasteiger partial charge on any atom is 0.250 e. The molecule has 1 aromatic rings. The standard InChI is InChI=1S/C9H5BrFNO/c10-8-6(11)3-1-5-2-4-7(13)12-9(5)8/h1-3H,4H2. The first-order valence-corrected chi connectivity index (χ1v) is 4.53. The van der Waals surface area contributed by atoms with E-state index in [0.29, 0.717) is 11.8 Å². The molecule has 1 amide bonds. The molecule has 0 aromatic heterocycles. The monoisotopic (exact) mass is 241 g/mol. The van der Waals surface area contributed by atoms with Crippen LogP contribution in [0.1, 0.15) is 6.42 Å². The average Bonchev–Trinajstić information content (AvgIpc) is 2.12. The van der Waals surface area contributed by atoms with Gasteiger partial charge in [-0.05, 0) is 27.2 Å². The summed E-state index contributed by atoms with van der Waals surface area (Å²) >= 11 is 3.05. The minimum absolute atomic E-state index is 0.237. The van der Waals surface area contributed by atoms with Crippen molar-refractivity contribution < 1.29 is 9.18 Å². The van der Waals surface area contributed by atoms with Gasteiger partial charge in [0.1, 0.15) is 5.82 Å². The predicted molar refractivity (Wildman–Crippen MR) is 49.0 cm³/mol. The van der Waals surface area contributed by atoms with Crippen LogP contribution < -0.4 is 10.6 Å². The molecule has 0 saturated heterocycles. The van der Waals surface area contributed by atoms with E-state index in [2.05, 4.69) is 20.9 Å². The van der Waals surface area contributed by atoms with Gasteiger partial charge in [-0.25, -0.2) is 9.38 Å². The fourth-order valence-electron chi connectivity index (χ4n) is 1.20. The Kier molecular flexibility index (Phi) is 2.00. The summed E-state index contributed by atoms with van der Waals surface area (Å²) in [4.78, 5) is 14.7. The van der Waals surface area contributed by atoms with Crippen LogP contribution in [0.3, 0.4) is 0 Å². The highest BCUT2D eigenvalue weighted by Gasteiger charge is 2.08. The van der Waals surface area contributed by atoms with E-state index in [1.54, 1.807) is 12.1 Å². The lowest BCUT2D eigenvalue weighted by Crippen LogP contribution is -2.31. The number of benzene rings is 1. The molecule has 1 aromatic carbocycles. The van der Waals surface area contributed by atoms with E-state index in [0.717, 1.165) is 5.22 Å². The van der Waals surface area contributed by atoms with Crippen molar-refractivity contribution >= 4 is 27.9 Å². The quantitative estimate of drug-likeness (QED) is 0.665. The van der Waals surface area contributed by atoms with Crippen LogP contribution in [0.2, 0.25) is 0 Å². The highest BCUT2D eigenvalue weighted by Crippen LogP contribution is 2.07. The molecule has 1 heterocycles. The van der Waals surface area contributed by atoms with E-state index in [1.807, 2.05) is 0 Å². The van der Waals surface area contributed by atoms with Crippen molar-refractivity contribution in [3.8, 4) is 0 Å². The van der Waals surface area contributed by atoms with Crippen molar-refractivity contribution in [1.29, 1.82) is 0 Å². The van der Waals surface area contributed by atoms with Gasteiger partial charge in [0.05, 0.1) is 9.83 Å². The van der Waals surface area contributed by atoms with Crippen molar-refractivity contribution in [2.24, 2.45) is 4.99 Å². The fourth-order valence-corrected chi connectivity index (χ4v) is 1.65. The number of hydrogen-bond acceptors (Lipinski definition) is 1. The molecule has 0 atom stereocenters. The van der Waals surface area contributed by atoms with Gasteiger partial charge < -0.3 is 0 Å². The molecule has 0 spiro atoms. The van der Waals surface area contributed by atoms with E-state index in [1.165, 1.54) is 6.07 Å². The lowest BCUT2D eigenvalue weighted by atomic mass is 10.2. The highest BCUT2D eigenvalue weighted by atomic mass is 79.9. The van der Waals surface area contributed by atoms with E-state index in [4.69, 9.17) is 0 Å². The Balaban J connectivity index is 2.90. The second-order valence-corrected chi connectivity index (χ2v) is 3.51. The molecular formula is C9H5BrFNO. The van der Waals surface area contributed by atoms with Crippen molar-refractivity contribution in [1.82, 2.24) is 0 Å². The fraction of sp³-hybridized carbons (Fsp3) is 0.111. The van der Waals surface area contributed by atoms with Gasteiger partial charge in [-0.15, -0.1) is 0 Å². The molecule has 2 nitrogen and oxygen atoms in total. The van der Waals surface area contributed by atoms with Crippen LogP contribution in [0.4, 0.5) is 4.39 Å². The van der Waals surface area contributed by atoms with Gasteiger partial charge in [0.15, 0.2) is 0 Å². The third-order valence-corrected chi connectivity index (χ3v) is 2.59. The molecule has 0 N–H and O–H groups in total. The highest BCUT2D eigenvalue weighted by molar-refractivity contribution is 9.10. The summed E-state index contributed by atoms with van der Waals surface area (Å²) in [7, 11) is 0. The lowest BCUT2D eigenvalue weighted by molar-refractivity contribution is -0.117. The first kappa shape index (κ1) is 8.56. The minimum atomic E-state index is -0.398. The minimum Gasteiger partial charge on any atom is -0.272 e. The van der Waals surface area contributed by atoms with Crippen LogP contribution in [-0.2, 0) is 4.79 Å². The predicted octanol–water partition coefficient (Wildman–Crippen LogP) is 0.919. The Morgan fingerprint density at radius 1 is 1.46 bits per heavy atom. The third-order valence-electron chi connectivity index (χ3n) is 1.83. The molecule has 2 rings (SSSR count). The van der Waals surface area contributed by atoms with Crippen molar-refractivity contribution in [2.45, 2.75) is 6.42 Å². The molecule has 0 unspecified atom stereocenters. The normalized spacial score (nSPS) is 14.5. The molecule has 1 aliphatic rings. The molecule has 66 valence electrons. The number of hydrogen-bond donors (Lipinski definition) is 0. The first-order valence-electron chi connectivity index (χ1n) is 3.74. The summed E-state index contributed by atoms with van der Waals surface area (Å²) in [5, 5.41) is 1.20. The van der Waals surface area contributed by atoms with E-state index >= 15 is 0 Å². The SMILES string of the molecule is O=C1CC=c2ccc(F)c(Br)c2=N1. The maximum absolute atomic E-state index is 13.0. The van der Waals surface area contributed by atoms with Gasteiger partial charge in [-0.2, -0.15) is 0 Å². The molecule has 0 fully saturated rings. The third kappa shape index (κ3) is 1.42. The number of fused-ring (bicyclic) bond motifs is 1. The van der Waals surface area contributed by atoms with Crippen LogP contribution in [0.5, 0.6) is 0 Å². The number of amides is 1. The molecule has 0 radical (unpaired) electrons. The first-order chi connectivity index (χ1) is 6.18. The molecule has 0 bridgehead atoms.